The number of benzene rings is 3. The number of imidazole rings is 1. The smallest absolute Gasteiger partial charge is 0.417 e. The average Bonchev–Trinajstić information content (AvgIpc) is 3.62. The molecule has 2 aliphatic rings. The highest BCUT2D eigenvalue weighted by Gasteiger charge is 2.35. The van der Waals surface area contributed by atoms with Crippen LogP contribution in [0.5, 0.6) is 0 Å². The van der Waals surface area contributed by atoms with Gasteiger partial charge in [0.05, 0.1) is 29.7 Å². The summed E-state index contributed by atoms with van der Waals surface area (Å²) in [5, 5.41) is 2.93. The number of alkyl halides is 3. The lowest BCUT2D eigenvalue weighted by Crippen LogP contribution is -2.34. The Kier molecular flexibility index (Phi) is 7.17. The fraction of sp³-hybridized carbons (Fsp3) is 0.290. The number of aromatic nitrogens is 2. The summed E-state index contributed by atoms with van der Waals surface area (Å²) in [6.07, 6.45) is -2.22. The van der Waals surface area contributed by atoms with Crippen molar-refractivity contribution in [2.45, 2.75) is 25.6 Å². The summed E-state index contributed by atoms with van der Waals surface area (Å²) in [5.41, 5.74) is 2.32. The van der Waals surface area contributed by atoms with Gasteiger partial charge in [-0.15, -0.1) is 0 Å². The molecule has 3 heterocycles. The first-order chi connectivity index (χ1) is 19.7. The van der Waals surface area contributed by atoms with Crippen molar-refractivity contribution in [2.24, 2.45) is 0 Å². The second kappa shape index (κ2) is 10.9. The normalized spacial score (nSPS) is 16.3. The van der Waals surface area contributed by atoms with Gasteiger partial charge in [-0.2, -0.15) is 13.2 Å². The number of para-hydroxylation sites is 1. The van der Waals surface area contributed by atoms with Crippen LogP contribution in [0.2, 0.25) is 0 Å². The Balaban J connectivity index is 1.29. The second-order valence-electron chi connectivity index (χ2n) is 10.5. The Bertz CT molecular complexity index is 1610. The first-order valence-electron chi connectivity index (χ1n) is 13.6. The molecule has 1 aromatic heterocycles. The third-order valence-corrected chi connectivity index (χ3v) is 7.51. The number of hydrogen-bond donors (Lipinski definition) is 2. The summed E-state index contributed by atoms with van der Waals surface area (Å²) >= 11 is 0. The number of rotatable bonds is 6. The van der Waals surface area contributed by atoms with E-state index in [1.54, 1.807) is 29.2 Å². The number of likely N-dealkylation sites (tertiary alicyclic amines) is 1. The van der Waals surface area contributed by atoms with Crippen LogP contribution in [0.25, 0.3) is 22.4 Å². The fourth-order valence-electron chi connectivity index (χ4n) is 5.52. The Morgan fingerprint density at radius 3 is 2.63 bits per heavy atom. The minimum atomic E-state index is -4.62. The van der Waals surface area contributed by atoms with Gasteiger partial charge in [0.25, 0.3) is 5.91 Å². The Morgan fingerprint density at radius 2 is 1.85 bits per heavy atom. The molecule has 0 unspecified atom stereocenters. The molecule has 2 N–H and O–H groups in total. The van der Waals surface area contributed by atoms with E-state index in [2.05, 4.69) is 26.8 Å². The number of hydrogen-bond acceptors (Lipinski definition) is 5. The van der Waals surface area contributed by atoms with Crippen LogP contribution in [-0.2, 0) is 17.5 Å². The maximum absolute atomic E-state index is 14.3. The van der Waals surface area contributed by atoms with Crippen molar-refractivity contribution in [3.63, 3.8) is 0 Å². The van der Waals surface area contributed by atoms with Crippen molar-refractivity contribution in [3.8, 4) is 11.4 Å². The molecule has 0 saturated carbocycles. The molecule has 6 rings (SSSR count). The number of carbonyl (C=O) groups is 1. The number of anilines is 2. The van der Waals surface area contributed by atoms with Crippen LogP contribution in [0.3, 0.4) is 0 Å². The van der Waals surface area contributed by atoms with Crippen LogP contribution in [0.4, 0.5) is 24.5 Å². The maximum Gasteiger partial charge on any atom is 0.417 e. The Hall–Kier alpha value is -4.31. The molecule has 1 amide bonds. The van der Waals surface area contributed by atoms with E-state index < -0.39 is 11.7 Å². The van der Waals surface area contributed by atoms with Crippen molar-refractivity contribution < 1.29 is 22.7 Å². The van der Waals surface area contributed by atoms with Crippen molar-refractivity contribution in [3.05, 3.63) is 89.7 Å². The van der Waals surface area contributed by atoms with Gasteiger partial charge >= 0.3 is 6.18 Å². The lowest BCUT2D eigenvalue weighted by Gasteiger charge is -2.31. The zero-order valence-electron chi connectivity index (χ0n) is 22.4. The molecule has 10 heteroatoms. The van der Waals surface area contributed by atoms with Crippen molar-refractivity contribution in [2.75, 3.05) is 43.0 Å². The van der Waals surface area contributed by atoms with Gasteiger partial charge in [0.2, 0.25) is 0 Å². The summed E-state index contributed by atoms with van der Waals surface area (Å²) in [7, 11) is 0. The van der Waals surface area contributed by atoms with Gasteiger partial charge in [0.1, 0.15) is 23.7 Å². The highest BCUT2D eigenvalue weighted by atomic mass is 19.4. The van der Waals surface area contributed by atoms with Gasteiger partial charge in [0, 0.05) is 23.5 Å². The topological polar surface area (TPSA) is 73.5 Å². The molecule has 212 valence electrons. The number of carbonyl (C=O) groups excluding carboxylic acids is 1. The average molecular weight is 562 g/mol. The van der Waals surface area contributed by atoms with Crippen LogP contribution in [0.15, 0.2) is 73.0 Å². The van der Waals surface area contributed by atoms with E-state index in [4.69, 9.17) is 4.74 Å². The molecule has 0 spiro atoms. The lowest BCUT2D eigenvalue weighted by atomic mass is 10.0. The SMILES string of the molecule is C=C1CN(c2ccc(-c3nc4c(C(=O)Nc5cccc(CN6CCCC6)c5)cccc4[nH]3)c(C(F)(F)F)c2)CCO1. The standard InChI is InChI=1S/C31H30F3N5O2/c1-20-18-39(14-15-41-20)23-10-11-24(26(17-23)31(32,33)34)29-36-27-9-5-8-25(28(27)37-29)30(40)35-22-7-4-6-21(16-22)19-38-12-2-3-13-38/h4-11,16-17H,1-3,12-15,18-19H2,(H,35,40)(H,36,37). The zero-order chi connectivity index (χ0) is 28.6. The maximum atomic E-state index is 14.3. The number of fused-ring (bicyclic) bond motifs is 1. The molecule has 2 aliphatic heterocycles. The molecule has 7 nitrogen and oxygen atoms in total. The molecule has 2 saturated heterocycles. The first-order valence-corrected chi connectivity index (χ1v) is 13.6. The molecule has 41 heavy (non-hydrogen) atoms. The van der Waals surface area contributed by atoms with Gasteiger partial charge in [-0.3, -0.25) is 9.69 Å². The number of H-pyrrole nitrogens is 1. The minimum Gasteiger partial charge on any atom is -0.495 e. The summed E-state index contributed by atoms with van der Waals surface area (Å²) in [6, 6.07) is 16.9. The van der Waals surface area contributed by atoms with E-state index in [1.807, 2.05) is 24.3 Å². The van der Waals surface area contributed by atoms with E-state index in [0.717, 1.165) is 31.3 Å². The summed E-state index contributed by atoms with van der Waals surface area (Å²) in [5.74, 6) is 0.166. The Morgan fingerprint density at radius 1 is 1.05 bits per heavy atom. The minimum absolute atomic E-state index is 0.0399. The van der Waals surface area contributed by atoms with Crippen LogP contribution >= 0.6 is 0 Å². The number of nitrogens with zero attached hydrogens (tertiary/aromatic N) is 3. The molecule has 0 bridgehead atoms. The van der Waals surface area contributed by atoms with Gasteiger partial charge in [-0.25, -0.2) is 4.98 Å². The number of halogens is 3. The van der Waals surface area contributed by atoms with E-state index in [9.17, 15) is 18.0 Å². The number of ether oxygens (including phenoxy) is 1. The van der Waals surface area contributed by atoms with Crippen LogP contribution < -0.4 is 10.2 Å². The summed E-state index contributed by atoms with van der Waals surface area (Å²) < 4.78 is 48.1. The summed E-state index contributed by atoms with van der Waals surface area (Å²) in [4.78, 5) is 25.0. The van der Waals surface area contributed by atoms with E-state index in [-0.39, 0.29) is 22.9 Å². The monoisotopic (exact) mass is 561 g/mol. The predicted molar refractivity (Wildman–Crippen MR) is 153 cm³/mol. The summed E-state index contributed by atoms with van der Waals surface area (Å²) in [6.45, 7) is 7.89. The second-order valence-corrected chi connectivity index (χ2v) is 10.5. The van der Waals surface area contributed by atoms with Crippen LogP contribution in [0.1, 0.15) is 34.3 Å². The molecular formula is C31H30F3N5O2. The lowest BCUT2D eigenvalue weighted by molar-refractivity contribution is -0.137. The number of morpholine rings is 1. The van der Waals surface area contributed by atoms with Gasteiger partial charge in [0.15, 0.2) is 0 Å². The van der Waals surface area contributed by atoms with E-state index in [1.165, 1.54) is 18.9 Å². The molecular weight excluding hydrogens is 531 g/mol. The molecule has 0 radical (unpaired) electrons. The zero-order valence-corrected chi connectivity index (χ0v) is 22.4. The predicted octanol–water partition coefficient (Wildman–Crippen LogP) is 6.45. The number of amides is 1. The van der Waals surface area contributed by atoms with Gasteiger partial charge in [-0.05, 0) is 74.0 Å². The molecule has 2 fully saturated rings. The van der Waals surface area contributed by atoms with Gasteiger partial charge < -0.3 is 19.9 Å². The van der Waals surface area contributed by atoms with Crippen molar-refractivity contribution in [1.82, 2.24) is 14.9 Å². The first kappa shape index (κ1) is 26.9. The molecule has 0 aliphatic carbocycles. The third-order valence-electron chi connectivity index (χ3n) is 7.51. The van der Waals surface area contributed by atoms with Crippen LogP contribution in [-0.4, -0.2) is 53.6 Å². The molecule has 4 aromatic rings. The Labute approximate surface area is 235 Å². The number of aromatic amines is 1. The van der Waals surface area contributed by atoms with E-state index >= 15 is 0 Å². The highest BCUT2D eigenvalue weighted by Crippen LogP contribution is 2.39. The van der Waals surface area contributed by atoms with Crippen molar-refractivity contribution >= 4 is 28.3 Å². The molecule has 0 atom stereocenters. The van der Waals surface area contributed by atoms with Gasteiger partial charge in [-0.1, -0.05) is 24.8 Å². The van der Waals surface area contributed by atoms with Crippen LogP contribution in [0, 0.1) is 0 Å². The quantitative estimate of drug-likeness (QED) is 0.283. The van der Waals surface area contributed by atoms with Crippen molar-refractivity contribution in [1.29, 1.82) is 0 Å². The number of nitrogens with one attached hydrogen (secondary N) is 2. The third kappa shape index (κ3) is 5.78. The fourth-order valence-corrected chi connectivity index (χ4v) is 5.52. The van der Waals surface area contributed by atoms with E-state index in [0.29, 0.717) is 47.9 Å². The largest absolute Gasteiger partial charge is 0.495 e. The molecule has 3 aromatic carbocycles. The highest BCUT2D eigenvalue weighted by molar-refractivity contribution is 6.11.